The molecule has 1 saturated heterocycles. The molecule has 0 bridgehead atoms. The van der Waals surface area contributed by atoms with Crippen LogP contribution in [0.2, 0.25) is 10.0 Å². The van der Waals surface area contributed by atoms with Crippen molar-refractivity contribution < 1.29 is 14.3 Å². The van der Waals surface area contributed by atoms with Crippen LogP contribution < -0.4 is 4.90 Å². The van der Waals surface area contributed by atoms with Gasteiger partial charge < -0.3 is 4.74 Å². The average Bonchev–Trinajstić information content (AvgIpc) is 3.02. The van der Waals surface area contributed by atoms with Crippen molar-refractivity contribution in [2.45, 2.75) is 0 Å². The van der Waals surface area contributed by atoms with Crippen molar-refractivity contribution in [1.29, 1.82) is 0 Å². The lowest BCUT2D eigenvalue weighted by Gasteiger charge is -2.13. The Morgan fingerprint density at radius 3 is 2.67 bits per heavy atom. The standard InChI is InChI=1S/C18H13Cl2NO3/c19-15-6-4-12(10-16(15)20)5-7-17(22)13-2-1-3-14(11-13)21-8-9-24-18(21)23/h1-7,10-11H,8-9H2. The summed E-state index contributed by atoms with van der Waals surface area (Å²) in [5.74, 6) is -0.171. The van der Waals surface area contributed by atoms with E-state index >= 15 is 0 Å². The Morgan fingerprint density at radius 2 is 1.96 bits per heavy atom. The van der Waals surface area contributed by atoms with Gasteiger partial charge in [-0.2, -0.15) is 0 Å². The second-order valence-electron chi connectivity index (χ2n) is 5.19. The molecular weight excluding hydrogens is 349 g/mol. The molecule has 0 aromatic heterocycles. The van der Waals surface area contributed by atoms with Gasteiger partial charge >= 0.3 is 6.09 Å². The van der Waals surface area contributed by atoms with Gasteiger partial charge in [0.15, 0.2) is 5.78 Å². The summed E-state index contributed by atoms with van der Waals surface area (Å²) >= 11 is 11.8. The van der Waals surface area contributed by atoms with Crippen LogP contribution in [-0.4, -0.2) is 25.0 Å². The first-order valence-electron chi connectivity index (χ1n) is 7.26. The Bertz CT molecular complexity index is 833. The molecule has 0 atom stereocenters. The van der Waals surface area contributed by atoms with Crippen molar-refractivity contribution in [1.82, 2.24) is 0 Å². The summed E-state index contributed by atoms with van der Waals surface area (Å²) in [5, 5.41) is 0.895. The van der Waals surface area contributed by atoms with Gasteiger partial charge in [0, 0.05) is 11.3 Å². The molecule has 0 saturated carbocycles. The maximum absolute atomic E-state index is 12.3. The van der Waals surface area contributed by atoms with Gasteiger partial charge in [-0.1, -0.05) is 47.5 Å². The molecule has 4 nitrogen and oxygen atoms in total. The highest BCUT2D eigenvalue weighted by molar-refractivity contribution is 6.42. The van der Waals surface area contributed by atoms with Crippen molar-refractivity contribution in [2.24, 2.45) is 0 Å². The van der Waals surface area contributed by atoms with Crippen LogP contribution in [0.1, 0.15) is 15.9 Å². The molecule has 3 rings (SSSR count). The smallest absolute Gasteiger partial charge is 0.414 e. The van der Waals surface area contributed by atoms with E-state index in [1.807, 2.05) is 0 Å². The van der Waals surface area contributed by atoms with Gasteiger partial charge in [-0.05, 0) is 35.9 Å². The number of rotatable bonds is 4. The van der Waals surface area contributed by atoms with Gasteiger partial charge in [0.25, 0.3) is 0 Å². The molecule has 1 amide bonds. The van der Waals surface area contributed by atoms with E-state index in [9.17, 15) is 9.59 Å². The summed E-state index contributed by atoms with van der Waals surface area (Å²) in [4.78, 5) is 25.4. The largest absolute Gasteiger partial charge is 0.447 e. The number of carbonyl (C=O) groups excluding carboxylic acids is 2. The molecular formula is C18H13Cl2NO3. The van der Waals surface area contributed by atoms with Crippen LogP contribution in [0, 0.1) is 0 Å². The normalized spacial score (nSPS) is 14.2. The molecule has 2 aromatic carbocycles. The predicted molar refractivity (Wildman–Crippen MR) is 95.0 cm³/mol. The molecule has 0 unspecified atom stereocenters. The predicted octanol–water partition coefficient (Wildman–Crippen LogP) is 4.85. The number of nitrogens with zero attached hydrogens (tertiary/aromatic N) is 1. The van der Waals surface area contributed by atoms with Crippen molar-refractivity contribution in [2.75, 3.05) is 18.1 Å². The maximum atomic E-state index is 12.3. The molecule has 2 aromatic rings. The highest BCUT2D eigenvalue weighted by atomic mass is 35.5. The number of halogens is 2. The Morgan fingerprint density at radius 1 is 1.12 bits per heavy atom. The van der Waals surface area contributed by atoms with Crippen LogP contribution in [-0.2, 0) is 4.74 Å². The van der Waals surface area contributed by atoms with E-state index in [-0.39, 0.29) is 5.78 Å². The summed E-state index contributed by atoms with van der Waals surface area (Å²) in [6, 6.07) is 12.0. The minimum atomic E-state index is -0.397. The second-order valence-corrected chi connectivity index (χ2v) is 6.00. The average molecular weight is 362 g/mol. The molecule has 0 N–H and O–H groups in total. The van der Waals surface area contributed by atoms with Gasteiger partial charge in [0.1, 0.15) is 6.61 Å². The van der Waals surface area contributed by atoms with E-state index in [4.69, 9.17) is 27.9 Å². The molecule has 0 radical (unpaired) electrons. The first kappa shape index (κ1) is 16.6. The number of ether oxygens (including phenoxy) is 1. The maximum Gasteiger partial charge on any atom is 0.414 e. The Kier molecular flexibility index (Phi) is 4.88. The molecule has 122 valence electrons. The number of amides is 1. The molecule has 1 aliphatic rings. The number of cyclic esters (lactones) is 1. The van der Waals surface area contributed by atoms with Crippen LogP contribution in [0.5, 0.6) is 0 Å². The van der Waals surface area contributed by atoms with Crippen LogP contribution in [0.25, 0.3) is 6.08 Å². The third-order valence-corrected chi connectivity index (χ3v) is 4.31. The van der Waals surface area contributed by atoms with E-state index in [0.717, 1.165) is 5.56 Å². The first-order valence-corrected chi connectivity index (χ1v) is 8.02. The van der Waals surface area contributed by atoms with Gasteiger partial charge in [-0.25, -0.2) is 4.79 Å². The molecule has 1 heterocycles. The summed E-state index contributed by atoms with van der Waals surface area (Å²) < 4.78 is 4.91. The van der Waals surface area contributed by atoms with E-state index < -0.39 is 6.09 Å². The number of hydrogen-bond acceptors (Lipinski definition) is 3. The summed E-state index contributed by atoms with van der Waals surface area (Å²) in [6.45, 7) is 0.837. The summed E-state index contributed by atoms with van der Waals surface area (Å²) in [5.41, 5.74) is 1.91. The molecule has 1 fully saturated rings. The zero-order chi connectivity index (χ0) is 17.1. The van der Waals surface area contributed by atoms with Crippen LogP contribution in [0.4, 0.5) is 10.5 Å². The number of ketones is 1. The summed E-state index contributed by atoms with van der Waals surface area (Å²) in [6.07, 6.45) is 2.73. The second kappa shape index (κ2) is 7.07. The van der Waals surface area contributed by atoms with Crippen LogP contribution in [0.15, 0.2) is 48.5 Å². The number of benzene rings is 2. The van der Waals surface area contributed by atoms with Gasteiger partial charge in [0.2, 0.25) is 0 Å². The summed E-state index contributed by atoms with van der Waals surface area (Å²) in [7, 11) is 0. The molecule has 1 aliphatic heterocycles. The van der Waals surface area contributed by atoms with Crippen LogP contribution >= 0.6 is 23.2 Å². The number of hydrogen-bond donors (Lipinski definition) is 0. The zero-order valence-electron chi connectivity index (χ0n) is 12.5. The fourth-order valence-corrected chi connectivity index (χ4v) is 2.65. The highest BCUT2D eigenvalue weighted by Gasteiger charge is 2.23. The van der Waals surface area contributed by atoms with E-state index in [1.165, 1.54) is 11.0 Å². The lowest BCUT2D eigenvalue weighted by Crippen LogP contribution is -2.23. The fraction of sp³-hybridized carbons (Fsp3) is 0.111. The third kappa shape index (κ3) is 3.61. The van der Waals surface area contributed by atoms with Crippen molar-refractivity contribution >= 4 is 46.8 Å². The van der Waals surface area contributed by atoms with E-state index in [0.29, 0.717) is 34.4 Å². The fourth-order valence-electron chi connectivity index (χ4n) is 2.34. The van der Waals surface area contributed by atoms with Crippen molar-refractivity contribution in [3.05, 3.63) is 69.7 Å². The minimum absolute atomic E-state index is 0.171. The SMILES string of the molecule is O=C(C=Cc1ccc(Cl)c(Cl)c1)c1cccc(N2CCOC2=O)c1. The number of allylic oxidation sites excluding steroid dienone is 1. The minimum Gasteiger partial charge on any atom is -0.447 e. The Balaban J connectivity index is 1.78. The highest BCUT2D eigenvalue weighted by Crippen LogP contribution is 2.24. The molecule has 24 heavy (non-hydrogen) atoms. The number of carbonyl (C=O) groups is 2. The van der Waals surface area contributed by atoms with Crippen molar-refractivity contribution in [3.8, 4) is 0 Å². The quantitative estimate of drug-likeness (QED) is 0.577. The Labute approximate surface area is 149 Å². The van der Waals surface area contributed by atoms with Gasteiger partial charge in [-0.15, -0.1) is 0 Å². The zero-order valence-corrected chi connectivity index (χ0v) is 14.1. The lowest BCUT2D eigenvalue weighted by molar-refractivity contribution is 0.104. The van der Waals surface area contributed by atoms with Gasteiger partial charge in [0.05, 0.1) is 16.6 Å². The molecule has 0 aliphatic carbocycles. The van der Waals surface area contributed by atoms with Crippen molar-refractivity contribution in [3.63, 3.8) is 0 Å². The lowest BCUT2D eigenvalue weighted by atomic mass is 10.1. The molecule has 6 heteroatoms. The first-order chi connectivity index (χ1) is 11.5. The number of anilines is 1. The third-order valence-electron chi connectivity index (χ3n) is 3.57. The topological polar surface area (TPSA) is 46.6 Å². The molecule has 0 spiro atoms. The monoisotopic (exact) mass is 361 g/mol. The van der Waals surface area contributed by atoms with E-state index in [2.05, 4.69) is 0 Å². The Hall–Kier alpha value is -2.30. The van der Waals surface area contributed by atoms with Gasteiger partial charge in [-0.3, -0.25) is 9.69 Å². The van der Waals surface area contributed by atoms with E-state index in [1.54, 1.807) is 48.5 Å². The van der Waals surface area contributed by atoms with Crippen LogP contribution in [0.3, 0.4) is 0 Å².